The Morgan fingerprint density at radius 2 is 1.89 bits per heavy atom. The number of likely N-dealkylation sites (N-methyl/N-ethyl adjacent to an activating group) is 1. The van der Waals surface area contributed by atoms with Gasteiger partial charge in [-0.3, -0.25) is 9.80 Å². The smallest absolute Gasteiger partial charge is 0.338 e. The quantitative estimate of drug-likeness (QED) is 0.484. The van der Waals surface area contributed by atoms with Crippen molar-refractivity contribution in [2.45, 2.75) is 39.8 Å². The normalized spacial score (nSPS) is 20.4. The number of carbonyl (C=O) groups excluding carboxylic acids is 3. The Morgan fingerprint density at radius 3 is 2.49 bits per heavy atom. The van der Waals surface area contributed by atoms with Crippen LogP contribution in [0.5, 0.6) is 11.5 Å². The molecule has 2 aliphatic rings. The van der Waals surface area contributed by atoms with Crippen molar-refractivity contribution in [2.75, 3.05) is 60.1 Å². The molecule has 0 unspecified atom stereocenters. The van der Waals surface area contributed by atoms with Gasteiger partial charge in [-0.1, -0.05) is 12.1 Å². The van der Waals surface area contributed by atoms with Crippen LogP contribution in [0.15, 0.2) is 29.5 Å². The van der Waals surface area contributed by atoms with Crippen molar-refractivity contribution in [2.24, 2.45) is 0 Å². The molecule has 4 amide bonds. The molecule has 1 aromatic carbocycles. The molecule has 2 N–H and O–H groups in total. The Balaban J connectivity index is 2.05. The Kier molecular flexibility index (Phi) is 9.62. The van der Waals surface area contributed by atoms with E-state index in [-0.39, 0.29) is 24.7 Å². The number of ether oxygens (including phenoxy) is 3. The van der Waals surface area contributed by atoms with Crippen LogP contribution in [-0.4, -0.2) is 98.9 Å². The third-order valence-electron chi connectivity index (χ3n) is 6.67. The van der Waals surface area contributed by atoms with Crippen LogP contribution >= 0.6 is 0 Å². The summed E-state index contributed by atoms with van der Waals surface area (Å²) in [6, 6.07) is 4.14. The molecule has 0 aliphatic carbocycles. The van der Waals surface area contributed by atoms with Crippen LogP contribution in [0, 0.1) is 0 Å². The molecular weight excluding hydrogens is 478 g/mol. The van der Waals surface area contributed by atoms with Crippen molar-refractivity contribution in [1.82, 2.24) is 25.3 Å². The number of piperazine rings is 1. The van der Waals surface area contributed by atoms with E-state index in [1.54, 1.807) is 30.0 Å². The van der Waals surface area contributed by atoms with Crippen molar-refractivity contribution in [3.8, 4) is 11.5 Å². The van der Waals surface area contributed by atoms with Crippen LogP contribution in [0.2, 0.25) is 0 Å². The first-order chi connectivity index (χ1) is 17.8. The number of rotatable bonds is 9. The van der Waals surface area contributed by atoms with Crippen molar-refractivity contribution in [3.05, 3.63) is 35.0 Å². The molecule has 1 fully saturated rings. The van der Waals surface area contributed by atoms with Gasteiger partial charge in [0.2, 0.25) is 0 Å². The van der Waals surface area contributed by atoms with Gasteiger partial charge in [0.25, 0.3) is 0 Å². The van der Waals surface area contributed by atoms with Crippen LogP contribution in [0.1, 0.15) is 39.3 Å². The lowest BCUT2D eigenvalue weighted by molar-refractivity contribution is -0.139. The Labute approximate surface area is 218 Å². The van der Waals surface area contributed by atoms with Gasteiger partial charge in [0, 0.05) is 56.6 Å². The Morgan fingerprint density at radius 1 is 1.14 bits per heavy atom. The fraction of sp³-hybridized carbons (Fsp3) is 0.577. The molecule has 0 bridgehead atoms. The maximum absolute atomic E-state index is 13.4. The molecule has 0 aromatic heterocycles. The predicted molar refractivity (Wildman–Crippen MR) is 139 cm³/mol. The highest BCUT2D eigenvalue weighted by Gasteiger charge is 2.40. The van der Waals surface area contributed by atoms with Gasteiger partial charge in [-0.25, -0.2) is 14.4 Å². The summed E-state index contributed by atoms with van der Waals surface area (Å²) in [7, 11) is 3.06. The molecule has 0 radical (unpaired) electrons. The van der Waals surface area contributed by atoms with Gasteiger partial charge in [0.15, 0.2) is 11.5 Å². The molecule has 37 heavy (non-hydrogen) atoms. The lowest BCUT2D eigenvalue weighted by Gasteiger charge is -2.42. The molecule has 0 saturated carbocycles. The number of hydrogen-bond acceptors (Lipinski definition) is 7. The van der Waals surface area contributed by atoms with Crippen LogP contribution in [-0.2, 0) is 9.53 Å². The average molecular weight is 518 g/mol. The SMILES string of the molecule is CCNC(=O)N1CCN(CC2=C(C(=O)OCC)[C@@H](c3cccc(OC)c3OC)NC(=O)N2CC)C[C@@H]1C. The minimum absolute atomic E-state index is 0.0336. The van der Waals surface area contributed by atoms with E-state index >= 15 is 0 Å². The zero-order valence-corrected chi connectivity index (χ0v) is 22.6. The molecule has 2 atom stereocenters. The summed E-state index contributed by atoms with van der Waals surface area (Å²) in [6.07, 6.45) is 0. The summed E-state index contributed by atoms with van der Waals surface area (Å²) < 4.78 is 16.6. The standard InChI is InChI=1S/C26H39N5O6/c1-7-27-25(33)31-14-13-29(15-17(31)4)16-19-21(24(32)37-9-3)22(28-26(34)30(19)8-2)18-11-10-12-20(35-5)23(18)36-6/h10-12,17,22H,7-9,13-16H2,1-6H3,(H,27,33)(H,28,34)/t17-,22+/m0/s1. The number of carbonyl (C=O) groups is 3. The van der Waals surface area contributed by atoms with Crippen LogP contribution in [0.25, 0.3) is 0 Å². The van der Waals surface area contributed by atoms with Crippen LogP contribution < -0.4 is 20.1 Å². The number of amides is 4. The van der Waals surface area contributed by atoms with Crippen molar-refractivity contribution in [3.63, 3.8) is 0 Å². The van der Waals surface area contributed by atoms with E-state index in [0.717, 1.165) is 0 Å². The highest BCUT2D eigenvalue weighted by atomic mass is 16.5. The van der Waals surface area contributed by atoms with Gasteiger partial charge in [0.05, 0.1) is 32.4 Å². The summed E-state index contributed by atoms with van der Waals surface area (Å²) in [6.45, 7) is 10.7. The number of urea groups is 2. The Bertz CT molecular complexity index is 1030. The lowest BCUT2D eigenvalue weighted by atomic mass is 9.93. The van der Waals surface area contributed by atoms with Crippen LogP contribution in [0.3, 0.4) is 0 Å². The van der Waals surface area contributed by atoms with Gasteiger partial charge >= 0.3 is 18.0 Å². The minimum Gasteiger partial charge on any atom is -0.493 e. The third kappa shape index (κ3) is 5.93. The second-order valence-corrected chi connectivity index (χ2v) is 8.90. The maximum Gasteiger partial charge on any atom is 0.338 e. The number of hydrogen-bond donors (Lipinski definition) is 2. The Hall–Kier alpha value is -3.47. The van der Waals surface area contributed by atoms with E-state index in [2.05, 4.69) is 15.5 Å². The molecule has 2 aliphatic heterocycles. The molecule has 11 heteroatoms. The van der Waals surface area contributed by atoms with Gasteiger partial charge in [-0.15, -0.1) is 0 Å². The molecule has 2 heterocycles. The van der Waals surface area contributed by atoms with E-state index in [1.165, 1.54) is 14.2 Å². The van der Waals surface area contributed by atoms with Crippen molar-refractivity contribution < 1.29 is 28.6 Å². The molecule has 11 nitrogen and oxygen atoms in total. The number of esters is 1. The van der Waals surface area contributed by atoms with Gasteiger partial charge in [-0.05, 0) is 33.8 Å². The zero-order valence-electron chi connectivity index (χ0n) is 22.6. The first-order valence-corrected chi connectivity index (χ1v) is 12.8. The number of methoxy groups -OCH3 is 2. The maximum atomic E-state index is 13.4. The van der Waals surface area contributed by atoms with E-state index in [0.29, 0.717) is 67.6 Å². The summed E-state index contributed by atoms with van der Waals surface area (Å²) in [4.78, 5) is 44.7. The third-order valence-corrected chi connectivity index (χ3v) is 6.67. The molecule has 204 valence electrons. The van der Waals surface area contributed by atoms with Gasteiger partial charge < -0.3 is 29.7 Å². The average Bonchev–Trinajstić information content (AvgIpc) is 2.88. The van der Waals surface area contributed by atoms with Crippen LogP contribution in [0.4, 0.5) is 9.59 Å². The molecule has 1 saturated heterocycles. The highest BCUT2D eigenvalue weighted by Crippen LogP contribution is 2.40. The number of nitrogens with one attached hydrogen (secondary N) is 2. The molecule has 1 aromatic rings. The summed E-state index contributed by atoms with van der Waals surface area (Å²) in [5.41, 5.74) is 1.54. The summed E-state index contributed by atoms with van der Waals surface area (Å²) in [5.74, 6) is 0.428. The monoisotopic (exact) mass is 517 g/mol. The fourth-order valence-corrected chi connectivity index (χ4v) is 4.97. The fourth-order valence-electron chi connectivity index (χ4n) is 4.97. The molecular formula is C26H39N5O6. The van der Waals surface area contributed by atoms with E-state index in [4.69, 9.17) is 14.2 Å². The summed E-state index contributed by atoms with van der Waals surface area (Å²) in [5, 5.41) is 5.83. The highest BCUT2D eigenvalue weighted by molar-refractivity contribution is 5.95. The van der Waals surface area contributed by atoms with Crippen molar-refractivity contribution in [1.29, 1.82) is 0 Å². The minimum atomic E-state index is -0.788. The number of benzene rings is 1. The summed E-state index contributed by atoms with van der Waals surface area (Å²) >= 11 is 0. The second-order valence-electron chi connectivity index (χ2n) is 8.90. The van der Waals surface area contributed by atoms with E-state index < -0.39 is 12.0 Å². The lowest BCUT2D eigenvalue weighted by Crippen LogP contribution is -2.58. The first kappa shape index (κ1) is 28.1. The van der Waals surface area contributed by atoms with E-state index in [9.17, 15) is 14.4 Å². The molecule has 0 spiro atoms. The van der Waals surface area contributed by atoms with Gasteiger partial charge in [-0.2, -0.15) is 0 Å². The largest absolute Gasteiger partial charge is 0.493 e. The second kappa shape index (κ2) is 12.7. The molecule has 3 rings (SSSR count). The van der Waals surface area contributed by atoms with Crippen molar-refractivity contribution >= 4 is 18.0 Å². The van der Waals surface area contributed by atoms with E-state index in [1.807, 2.05) is 25.7 Å². The van der Waals surface area contributed by atoms with Gasteiger partial charge in [0.1, 0.15) is 0 Å². The number of para-hydroxylation sites is 1. The zero-order chi connectivity index (χ0) is 27.1. The number of nitrogens with zero attached hydrogens (tertiary/aromatic N) is 3. The topological polar surface area (TPSA) is 113 Å². The first-order valence-electron chi connectivity index (χ1n) is 12.8. The predicted octanol–water partition coefficient (Wildman–Crippen LogP) is 2.34.